The number of anilines is 1. The van der Waals surface area contributed by atoms with Gasteiger partial charge in [-0.25, -0.2) is 8.78 Å². The van der Waals surface area contributed by atoms with Crippen LogP contribution in [0.1, 0.15) is 53.9 Å². The highest BCUT2D eigenvalue weighted by atomic mass is 19.3. The lowest BCUT2D eigenvalue weighted by molar-refractivity contribution is -0.130. The summed E-state index contributed by atoms with van der Waals surface area (Å²) in [6.45, 7) is 3.00. The molecule has 1 atom stereocenters. The quantitative estimate of drug-likeness (QED) is 0.876. The number of aromatic nitrogens is 2. The third-order valence-electron chi connectivity index (χ3n) is 5.75. The van der Waals surface area contributed by atoms with Crippen molar-refractivity contribution < 1.29 is 18.4 Å². The molecule has 4 rings (SSSR count). The van der Waals surface area contributed by atoms with E-state index in [-0.39, 0.29) is 11.6 Å². The molecule has 1 aromatic heterocycles. The fourth-order valence-electron chi connectivity index (χ4n) is 4.31. The van der Waals surface area contributed by atoms with Crippen LogP contribution in [-0.2, 0) is 4.79 Å². The molecule has 2 aliphatic heterocycles. The van der Waals surface area contributed by atoms with E-state index in [1.165, 1.54) is 0 Å². The van der Waals surface area contributed by atoms with Gasteiger partial charge in [0.25, 0.3) is 18.2 Å². The van der Waals surface area contributed by atoms with Crippen LogP contribution in [0, 0.1) is 6.92 Å². The molecule has 1 N–H and O–H groups in total. The molecule has 1 spiro atoms. The van der Waals surface area contributed by atoms with Crippen molar-refractivity contribution >= 4 is 17.5 Å². The number of aromatic amines is 1. The molecule has 0 saturated carbocycles. The van der Waals surface area contributed by atoms with Gasteiger partial charge in [0, 0.05) is 18.8 Å². The van der Waals surface area contributed by atoms with E-state index in [2.05, 4.69) is 10.2 Å². The molecule has 2 fully saturated rings. The summed E-state index contributed by atoms with van der Waals surface area (Å²) >= 11 is 0. The maximum absolute atomic E-state index is 13.5. The SMILES string of the molecule is Cc1ccc(N2CCCC3(CCCN3C(=O)c3cc(C(F)F)[nH]n3)C2=O)cc1. The number of piperidine rings is 1. The van der Waals surface area contributed by atoms with Crippen molar-refractivity contribution in [3.63, 3.8) is 0 Å². The summed E-state index contributed by atoms with van der Waals surface area (Å²) in [6.07, 6.45) is -0.106. The monoisotopic (exact) mass is 388 g/mol. The lowest BCUT2D eigenvalue weighted by Crippen LogP contribution is -2.61. The van der Waals surface area contributed by atoms with Crippen LogP contribution in [0.15, 0.2) is 30.3 Å². The second kappa shape index (κ2) is 7.00. The Kier molecular flexibility index (Phi) is 4.64. The molecule has 2 amide bonds. The predicted octanol–water partition coefficient (Wildman–Crippen LogP) is 3.46. The van der Waals surface area contributed by atoms with Crippen LogP contribution in [-0.4, -0.2) is 45.5 Å². The first kappa shape index (κ1) is 18.6. The largest absolute Gasteiger partial charge is 0.322 e. The first-order valence-electron chi connectivity index (χ1n) is 9.46. The molecule has 1 aromatic carbocycles. The van der Waals surface area contributed by atoms with E-state index in [0.29, 0.717) is 32.4 Å². The molecule has 0 radical (unpaired) electrons. The van der Waals surface area contributed by atoms with Crippen LogP contribution in [0.3, 0.4) is 0 Å². The summed E-state index contributed by atoms with van der Waals surface area (Å²) in [5.74, 6) is -0.571. The van der Waals surface area contributed by atoms with E-state index >= 15 is 0 Å². The second-order valence-corrected chi connectivity index (χ2v) is 7.50. The van der Waals surface area contributed by atoms with Crippen molar-refractivity contribution in [2.75, 3.05) is 18.0 Å². The number of benzene rings is 1. The molecule has 0 aliphatic carbocycles. The number of nitrogens with zero attached hydrogens (tertiary/aromatic N) is 3. The van der Waals surface area contributed by atoms with Crippen LogP contribution in [0.2, 0.25) is 0 Å². The molecule has 2 saturated heterocycles. The number of H-pyrrole nitrogens is 1. The Morgan fingerprint density at radius 3 is 2.50 bits per heavy atom. The fraction of sp³-hybridized carbons (Fsp3) is 0.450. The lowest BCUT2D eigenvalue weighted by atomic mass is 9.85. The van der Waals surface area contributed by atoms with Crippen molar-refractivity contribution in [3.05, 3.63) is 47.3 Å². The third kappa shape index (κ3) is 2.96. The number of amides is 2. The van der Waals surface area contributed by atoms with E-state index in [1.54, 1.807) is 9.80 Å². The van der Waals surface area contributed by atoms with Crippen molar-refractivity contribution in [2.45, 2.75) is 44.6 Å². The minimum Gasteiger partial charge on any atom is -0.322 e. The zero-order valence-corrected chi connectivity index (χ0v) is 15.6. The normalized spacial score (nSPS) is 22.5. The maximum Gasteiger partial charge on any atom is 0.279 e. The van der Waals surface area contributed by atoms with Crippen LogP contribution in [0.4, 0.5) is 14.5 Å². The summed E-state index contributed by atoms with van der Waals surface area (Å²) in [6, 6.07) is 8.81. The second-order valence-electron chi connectivity index (χ2n) is 7.50. The smallest absolute Gasteiger partial charge is 0.279 e. The van der Waals surface area contributed by atoms with Crippen molar-refractivity contribution in [3.8, 4) is 0 Å². The van der Waals surface area contributed by atoms with E-state index in [4.69, 9.17) is 0 Å². The molecule has 2 aromatic rings. The molecule has 1 unspecified atom stereocenters. The van der Waals surface area contributed by atoms with Crippen molar-refractivity contribution in [2.24, 2.45) is 0 Å². The number of alkyl halides is 2. The Hall–Kier alpha value is -2.77. The molecule has 0 bridgehead atoms. The highest BCUT2D eigenvalue weighted by molar-refractivity contribution is 6.05. The number of halogens is 2. The molecular weight excluding hydrogens is 366 g/mol. The molecule has 3 heterocycles. The van der Waals surface area contributed by atoms with E-state index in [0.717, 1.165) is 23.7 Å². The number of nitrogens with one attached hydrogen (secondary N) is 1. The van der Waals surface area contributed by atoms with Gasteiger partial charge in [-0.15, -0.1) is 0 Å². The number of carbonyl (C=O) groups is 2. The van der Waals surface area contributed by atoms with Crippen LogP contribution < -0.4 is 4.90 Å². The molecule has 6 nitrogen and oxygen atoms in total. The van der Waals surface area contributed by atoms with Gasteiger partial charge < -0.3 is 9.80 Å². The zero-order chi connectivity index (χ0) is 19.9. The van der Waals surface area contributed by atoms with Gasteiger partial charge in [0.05, 0.1) is 0 Å². The van der Waals surface area contributed by atoms with Crippen LogP contribution in [0.5, 0.6) is 0 Å². The zero-order valence-electron chi connectivity index (χ0n) is 15.6. The summed E-state index contributed by atoms with van der Waals surface area (Å²) in [7, 11) is 0. The van der Waals surface area contributed by atoms with Gasteiger partial charge in [-0.1, -0.05) is 17.7 Å². The summed E-state index contributed by atoms with van der Waals surface area (Å²) < 4.78 is 25.7. The number of hydrogen-bond donors (Lipinski definition) is 1. The average molecular weight is 388 g/mol. The molecule has 2 aliphatic rings. The number of rotatable bonds is 3. The van der Waals surface area contributed by atoms with Gasteiger partial charge in [-0.3, -0.25) is 14.7 Å². The standard InChI is InChI=1S/C20H22F2N4O2/c1-13-4-6-14(7-5-13)25-10-2-8-20(19(25)28)9-3-11-26(20)18(27)16-12-15(17(21)22)23-24-16/h4-7,12,17H,2-3,8-11H2,1H3,(H,23,24). The minimum atomic E-state index is -2.73. The maximum atomic E-state index is 13.5. The highest BCUT2D eigenvalue weighted by Gasteiger charge is 2.53. The third-order valence-corrected chi connectivity index (χ3v) is 5.75. The Labute approximate surface area is 161 Å². The summed E-state index contributed by atoms with van der Waals surface area (Å²) in [5.41, 5.74) is 0.525. The van der Waals surface area contributed by atoms with Gasteiger partial charge >= 0.3 is 0 Å². The first-order chi connectivity index (χ1) is 13.4. The summed E-state index contributed by atoms with van der Waals surface area (Å²) in [4.78, 5) is 29.8. The number of aryl methyl sites for hydroxylation is 1. The fourth-order valence-corrected chi connectivity index (χ4v) is 4.31. The number of hydrogen-bond acceptors (Lipinski definition) is 3. The molecule has 28 heavy (non-hydrogen) atoms. The first-order valence-corrected chi connectivity index (χ1v) is 9.46. The average Bonchev–Trinajstić information content (AvgIpc) is 3.33. The topological polar surface area (TPSA) is 69.3 Å². The Bertz CT molecular complexity index is 896. The highest BCUT2D eigenvalue weighted by Crippen LogP contribution is 2.40. The number of carbonyl (C=O) groups excluding carboxylic acids is 2. The van der Waals surface area contributed by atoms with Gasteiger partial charge in [-0.05, 0) is 50.8 Å². The Morgan fingerprint density at radius 1 is 1.18 bits per heavy atom. The van der Waals surface area contributed by atoms with Gasteiger partial charge in [0.2, 0.25) is 0 Å². The Balaban J connectivity index is 1.63. The summed E-state index contributed by atoms with van der Waals surface area (Å²) in [5, 5.41) is 5.96. The van der Waals surface area contributed by atoms with E-state index in [9.17, 15) is 18.4 Å². The van der Waals surface area contributed by atoms with Crippen LogP contribution >= 0.6 is 0 Å². The minimum absolute atomic E-state index is 0.0724. The lowest BCUT2D eigenvalue weighted by Gasteiger charge is -2.44. The molecule has 148 valence electrons. The van der Waals surface area contributed by atoms with E-state index < -0.39 is 23.6 Å². The molecular formula is C20H22F2N4O2. The molecule has 8 heteroatoms. The Morgan fingerprint density at radius 2 is 1.86 bits per heavy atom. The van der Waals surface area contributed by atoms with Gasteiger partial charge in [0.1, 0.15) is 11.2 Å². The van der Waals surface area contributed by atoms with Crippen molar-refractivity contribution in [1.82, 2.24) is 15.1 Å². The van der Waals surface area contributed by atoms with E-state index in [1.807, 2.05) is 31.2 Å². The van der Waals surface area contributed by atoms with Gasteiger partial charge in [-0.2, -0.15) is 5.10 Å². The predicted molar refractivity (Wildman–Crippen MR) is 99.3 cm³/mol. The van der Waals surface area contributed by atoms with Crippen LogP contribution in [0.25, 0.3) is 0 Å². The van der Waals surface area contributed by atoms with Crippen molar-refractivity contribution in [1.29, 1.82) is 0 Å². The van der Waals surface area contributed by atoms with Gasteiger partial charge in [0.15, 0.2) is 5.69 Å². The number of likely N-dealkylation sites (tertiary alicyclic amines) is 1.